The molecule has 1 heterocycles. The maximum absolute atomic E-state index is 14.8. The van der Waals surface area contributed by atoms with E-state index in [1.807, 2.05) is 36.4 Å². The van der Waals surface area contributed by atoms with E-state index in [9.17, 15) is 23.6 Å². The largest absolute Gasteiger partial charge is 0.465 e. The van der Waals surface area contributed by atoms with E-state index in [2.05, 4.69) is 36.7 Å². The number of anilines is 2. The lowest BCUT2D eigenvalue weighted by atomic mass is 9.72. The van der Waals surface area contributed by atoms with Crippen molar-refractivity contribution in [3.63, 3.8) is 0 Å². The van der Waals surface area contributed by atoms with E-state index in [-0.39, 0.29) is 27.6 Å². The van der Waals surface area contributed by atoms with E-state index in [0.717, 1.165) is 35.3 Å². The number of carbonyl (C=O) groups excluding carboxylic acids is 4. The summed E-state index contributed by atoms with van der Waals surface area (Å²) in [7, 11) is 1.35. The van der Waals surface area contributed by atoms with Crippen molar-refractivity contribution in [3.05, 3.63) is 152 Å². The zero-order chi connectivity index (χ0) is 40.0. The van der Waals surface area contributed by atoms with Crippen molar-refractivity contribution >= 4 is 75.2 Å². The molecule has 1 aliphatic rings. The van der Waals surface area contributed by atoms with Crippen molar-refractivity contribution in [2.24, 2.45) is 11.3 Å². The van der Waals surface area contributed by atoms with E-state index in [4.69, 9.17) is 16.3 Å². The number of amides is 3. The first-order chi connectivity index (χ1) is 26.8. The summed E-state index contributed by atoms with van der Waals surface area (Å²) in [5, 5.41) is 8.25. The molecule has 0 radical (unpaired) electrons. The lowest BCUT2D eigenvalue weighted by Crippen LogP contribution is -2.30. The number of thiophene rings is 1. The Labute approximate surface area is 338 Å². The molecule has 8 nitrogen and oxygen atoms in total. The van der Waals surface area contributed by atoms with Crippen LogP contribution in [0.1, 0.15) is 74.7 Å². The van der Waals surface area contributed by atoms with E-state index in [1.54, 1.807) is 48.5 Å². The van der Waals surface area contributed by atoms with Crippen molar-refractivity contribution < 1.29 is 28.3 Å². The van der Waals surface area contributed by atoms with Gasteiger partial charge in [0, 0.05) is 26.6 Å². The van der Waals surface area contributed by atoms with Gasteiger partial charge in [-0.25, -0.2) is 9.18 Å². The number of esters is 1. The molecule has 6 rings (SSSR count). The molecular weight excluding hydrogens is 769 g/mol. The molecule has 2 unspecified atom stereocenters. The molecule has 1 aliphatic carbocycles. The van der Waals surface area contributed by atoms with E-state index < -0.39 is 28.9 Å². The summed E-state index contributed by atoms with van der Waals surface area (Å²) in [6.07, 6.45) is 3.67. The molecule has 56 heavy (non-hydrogen) atoms. The third-order valence-electron chi connectivity index (χ3n) is 9.62. The van der Waals surface area contributed by atoms with Crippen LogP contribution in [0.4, 0.5) is 15.1 Å². The van der Waals surface area contributed by atoms with Crippen LogP contribution < -0.4 is 16.0 Å². The van der Waals surface area contributed by atoms with Crippen molar-refractivity contribution in [2.75, 3.05) is 17.7 Å². The van der Waals surface area contributed by atoms with Gasteiger partial charge in [-0.05, 0) is 90.3 Å². The molecule has 0 spiro atoms. The van der Waals surface area contributed by atoms with Gasteiger partial charge in [0.2, 0.25) is 5.91 Å². The highest BCUT2D eigenvalue weighted by Gasteiger charge is 2.35. The minimum atomic E-state index is -0.752. The Morgan fingerprint density at radius 1 is 0.929 bits per heavy atom. The van der Waals surface area contributed by atoms with E-state index in [1.165, 1.54) is 54.5 Å². The second-order valence-corrected chi connectivity index (χ2v) is 17.1. The highest BCUT2D eigenvalue weighted by atomic mass is 35.5. The van der Waals surface area contributed by atoms with Gasteiger partial charge < -0.3 is 20.7 Å². The smallest absolute Gasteiger partial charge is 0.341 e. The molecule has 4 aromatic carbocycles. The summed E-state index contributed by atoms with van der Waals surface area (Å²) in [4.78, 5) is 56.1. The number of ether oxygens (including phenoxy) is 1. The third kappa shape index (κ3) is 9.58. The molecule has 5 aromatic rings. The van der Waals surface area contributed by atoms with Gasteiger partial charge in [0.1, 0.15) is 21.8 Å². The summed E-state index contributed by atoms with van der Waals surface area (Å²) in [6, 6.07) is 28.6. The monoisotopic (exact) mass is 809 g/mol. The van der Waals surface area contributed by atoms with Crippen LogP contribution in [0.5, 0.6) is 0 Å². The maximum atomic E-state index is 14.8. The number of thioether (sulfide) groups is 1. The van der Waals surface area contributed by atoms with Gasteiger partial charge >= 0.3 is 5.97 Å². The number of fused-ring (bicyclic) bond motifs is 1. The predicted molar refractivity (Wildman–Crippen MR) is 223 cm³/mol. The first-order valence-corrected chi connectivity index (χ1v) is 20.1. The molecule has 0 bridgehead atoms. The van der Waals surface area contributed by atoms with Crippen LogP contribution in [-0.2, 0) is 27.2 Å². The Hall–Kier alpha value is -5.23. The van der Waals surface area contributed by atoms with Gasteiger partial charge in [0.25, 0.3) is 11.8 Å². The molecule has 288 valence electrons. The van der Waals surface area contributed by atoms with Crippen LogP contribution in [0.2, 0.25) is 5.02 Å². The molecule has 1 aromatic heterocycles. The van der Waals surface area contributed by atoms with Gasteiger partial charge in [0.05, 0.1) is 17.7 Å². The summed E-state index contributed by atoms with van der Waals surface area (Å²) in [5.41, 5.74) is 2.54. The molecule has 0 fully saturated rings. The number of carbonyl (C=O) groups is 4. The fourth-order valence-corrected chi connectivity index (χ4v) is 9.15. The molecule has 0 saturated carbocycles. The Morgan fingerprint density at radius 2 is 1.62 bits per heavy atom. The van der Waals surface area contributed by atoms with Crippen molar-refractivity contribution in [3.8, 4) is 0 Å². The minimum Gasteiger partial charge on any atom is -0.465 e. The van der Waals surface area contributed by atoms with Crippen LogP contribution in [0.15, 0.2) is 114 Å². The Balaban J connectivity index is 1.27. The average Bonchev–Trinajstić information content (AvgIpc) is 3.55. The number of hydrogen-bond acceptors (Lipinski definition) is 7. The lowest BCUT2D eigenvalue weighted by molar-refractivity contribution is -0.116. The highest BCUT2D eigenvalue weighted by Crippen LogP contribution is 2.45. The Kier molecular flexibility index (Phi) is 12.8. The second kappa shape index (κ2) is 17.7. The SMILES string of the molecule is COC(=O)c1c(NC(=O)C(Sc2cccc(NC(=O)/C(=C\c3c(F)cccc3Cl)NC(=O)c3ccccc3)c2)c2ccccc2)sc2c1CCC(C(C)(C)C)C2. The maximum Gasteiger partial charge on any atom is 0.341 e. The summed E-state index contributed by atoms with van der Waals surface area (Å²) < 4.78 is 20.0. The number of halogens is 2. The normalized spacial score (nSPS) is 14.6. The lowest BCUT2D eigenvalue weighted by Gasteiger charge is -2.33. The summed E-state index contributed by atoms with van der Waals surface area (Å²) in [5.74, 6) is -2.34. The summed E-state index contributed by atoms with van der Waals surface area (Å²) >= 11 is 8.98. The summed E-state index contributed by atoms with van der Waals surface area (Å²) in [6.45, 7) is 6.68. The first kappa shape index (κ1) is 40.4. The van der Waals surface area contributed by atoms with E-state index in [0.29, 0.717) is 32.6 Å². The van der Waals surface area contributed by atoms with Gasteiger partial charge in [-0.1, -0.05) is 93.0 Å². The van der Waals surface area contributed by atoms with Gasteiger partial charge in [-0.15, -0.1) is 23.1 Å². The number of rotatable bonds is 11. The molecule has 0 saturated heterocycles. The highest BCUT2D eigenvalue weighted by molar-refractivity contribution is 8.00. The Bertz CT molecular complexity index is 2270. The topological polar surface area (TPSA) is 114 Å². The zero-order valence-electron chi connectivity index (χ0n) is 31.3. The molecule has 3 amide bonds. The minimum absolute atomic E-state index is 0.0587. The number of methoxy groups -OCH3 is 1. The fourth-order valence-electron chi connectivity index (χ4n) is 6.53. The molecule has 12 heteroatoms. The van der Waals surface area contributed by atoms with Crippen LogP contribution in [0.25, 0.3) is 6.08 Å². The molecular formula is C44H41ClFN3O5S2. The van der Waals surface area contributed by atoms with E-state index >= 15 is 0 Å². The average molecular weight is 810 g/mol. The number of hydrogen-bond donors (Lipinski definition) is 3. The first-order valence-electron chi connectivity index (χ1n) is 18.0. The number of nitrogens with one attached hydrogen (secondary N) is 3. The van der Waals surface area contributed by atoms with Crippen LogP contribution >= 0.6 is 34.7 Å². The van der Waals surface area contributed by atoms with Crippen molar-refractivity contribution in [1.29, 1.82) is 0 Å². The predicted octanol–water partition coefficient (Wildman–Crippen LogP) is 10.4. The Morgan fingerprint density at radius 3 is 2.30 bits per heavy atom. The van der Waals surface area contributed by atoms with Crippen LogP contribution in [0, 0.1) is 17.2 Å². The standard InChI is InChI=1S/C44H41ClFN3O5S2/c1-44(2,3)28-21-22-31-36(23-28)56-42(37(31)43(53)54-4)49-41(52)38(26-13-7-5-8-14-26)55-30-18-11-17-29(24-30)47-40(51)35(25-32-33(45)19-12-20-34(32)46)48-39(50)27-15-9-6-10-16-27/h5-20,24-25,28,38H,21-23H2,1-4H3,(H,47,51)(H,48,50)(H,49,52)/b35-25+. The third-order valence-corrected chi connectivity index (χ3v) is 12.4. The van der Waals surface area contributed by atoms with Gasteiger partial charge in [0.15, 0.2) is 0 Å². The van der Waals surface area contributed by atoms with Crippen LogP contribution in [0.3, 0.4) is 0 Å². The number of benzene rings is 4. The zero-order valence-corrected chi connectivity index (χ0v) is 33.7. The van der Waals surface area contributed by atoms with Gasteiger partial charge in [-0.2, -0.15) is 0 Å². The second-order valence-electron chi connectivity index (χ2n) is 14.4. The van der Waals surface area contributed by atoms with Gasteiger partial charge in [-0.3, -0.25) is 14.4 Å². The van der Waals surface area contributed by atoms with Crippen LogP contribution in [-0.4, -0.2) is 30.8 Å². The van der Waals surface area contributed by atoms with Crippen molar-refractivity contribution in [2.45, 2.75) is 50.2 Å². The molecule has 2 atom stereocenters. The fraction of sp³-hybridized carbons (Fsp3) is 0.227. The molecule has 3 N–H and O–H groups in total. The molecule has 0 aliphatic heterocycles. The quantitative estimate of drug-likeness (QED) is 0.0696. The van der Waals surface area contributed by atoms with Crippen molar-refractivity contribution in [1.82, 2.24) is 5.32 Å².